The van der Waals surface area contributed by atoms with E-state index in [-0.39, 0.29) is 24.4 Å². The van der Waals surface area contributed by atoms with Crippen LogP contribution in [0.2, 0.25) is 0 Å². The smallest absolute Gasteiger partial charge is 0.242 e. The highest BCUT2D eigenvalue weighted by atomic mass is 35.5. The van der Waals surface area contributed by atoms with Crippen molar-refractivity contribution in [3.05, 3.63) is 18.0 Å². The van der Waals surface area contributed by atoms with Gasteiger partial charge in [0.1, 0.15) is 6.04 Å². The Morgan fingerprint density at radius 2 is 2.17 bits per heavy atom. The molecule has 0 radical (unpaired) electrons. The Balaban J connectivity index is 0.00000162. The molecule has 1 aromatic heterocycles. The van der Waals surface area contributed by atoms with Crippen molar-refractivity contribution in [3.63, 3.8) is 0 Å². The zero-order valence-corrected chi connectivity index (χ0v) is 11.7. The second-order valence-corrected chi connectivity index (χ2v) is 4.66. The highest BCUT2D eigenvalue weighted by Crippen LogP contribution is 2.19. The van der Waals surface area contributed by atoms with Gasteiger partial charge < -0.3 is 10.6 Å². The summed E-state index contributed by atoms with van der Waals surface area (Å²) < 4.78 is 1.71. The van der Waals surface area contributed by atoms with Crippen molar-refractivity contribution in [2.24, 2.45) is 7.05 Å². The fourth-order valence-corrected chi connectivity index (χ4v) is 2.39. The number of nitrogens with one attached hydrogen (secondary N) is 2. The van der Waals surface area contributed by atoms with Gasteiger partial charge in [0.25, 0.3) is 0 Å². The summed E-state index contributed by atoms with van der Waals surface area (Å²) in [5.41, 5.74) is 0.908. The molecular formula is C12H21ClN4O. The number of likely N-dealkylation sites (N-methyl/N-ethyl adjacent to an activating group) is 1. The molecule has 1 unspecified atom stereocenters. The van der Waals surface area contributed by atoms with E-state index < -0.39 is 0 Å². The Hall–Kier alpha value is -1.07. The summed E-state index contributed by atoms with van der Waals surface area (Å²) in [5.74, 6) is 0.0485. The molecule has 1 aliphatic carbocycles. The first-order valence-electron chi connectivity index (χ1n) is 6.17. The van der Waals surface area contributed by atoms with Crippen LogP contribution in [0.4, 0.5) is 0 Å². The average Bonchev–Trinajstić information content (AvgIpc) is 2.91. The van der Waals surface area contributed by atoms with Crippen molar-refractivity contribution in [2.75, 3.05) is 7.05 Å². The molecule has 1 atom stereocenters. The van der Waals surface area contributed by atoms with E-state index in [4.69, 9.17) is 0 Å². The lowest BCUT2D eigenvalue weighted by atomic mass is 10.1. The standard InChI is InChI=1S/C12H20N4O.ClH/c1-13-11(9-7-14-16(2)8-9)12(17)15-10-5-3-4-6-10;/h7-8,10-11,13H,3-6H2,1-2H3,(H,15,17);1H. The van der Waals surface area contributed by atoms with Gasteiger partial charge in [0.15, 0.2) is 0 Å². The Bertz CT molecular complexity index is 387. The van der Waals surface area contributed by atoms with Crippen LogP contribution in [-0.2, 0) is 11.8 Å². The highest BCUT2D eigenvalue weighted by molar-refractivity contribution is 5.85. The quantitative estimate of drug-likeness (QED) is 0.865. The van der Waals surface area contributed by atoms with Gasteiger partial charge in [-0.2, -0.15) is 5.10 Å². The predicted octanol–water partition coefficient (Wildman–Crippen LogP) is 1.16. The summed E-state index contributed by atoms with van der Waals surface area (Å²) >= 11 is 0. The number of nitrogens with zero attached hydrogens (tertiary/aromatic N) is 2. The molecule has 1 fully saturated rings. The van der Waals surface area contributed by atoms with Crippen LogP contribution in [0.15, 0.2) is 12.4 Å². The van der Waals surface area contributed by atoms with Gasteiger partial charge in [-0.3, -0.25) is 9.48 Å². The summed E-state index contributed by atoms with van der Waals surface area (Å²) in [4.78, 5) is 12.1. The van der Waals surface area contributed by atoms with Crippen LogP contribution < -0.4 is 10.6 Å². The number of hydrogen-bond donors (Lipinski definition) is 2. The topological polar surface area (TPSA) is 59.0 Å². The molecule has 0 bridgehead atoms. The first-order valence-corrected chi connectivity index (χ1v) is 6.17. The van der Waals surface area contributed by atoms with Crippen LogP contribution in [0, 0.1) is 0 Å². The molecule has 0 aliphatic heterocycles. The molecule has 1 amide bonds. The van der Waals surface area contributed by atoms with E-state index in [2.05, 4.69) is 15.7 Å². The summed E-state index contributed by atoms with van der Waals surface area (Å²) in [6.45, 7) is 0. The third kappa shape index (κ3) is 3.46. The zero-order valence-electron chi connectivity index (χ0n) is 10.8. The molecule has 0 spiro atoms. The van der Waals surface area contributed by atoms with Crippen LogP contribution in [0.25, 0.3) is 0 Å². The minimum atomic E-state index is -0.302. The maximum absolute atomic E-state index is 12.1. The van der Waals surface area contributed by atoms with E-state index in [1.54, 1.807) is 17.9 Å². The Morgan fingerprint density at radius 3 is 2.67 bits per heavy atom. The van der Waals surface area contributed by atoms with Crippen molar-refractivity contribution >= 4 is 18.3 Å². The minimum absolute atomic E-state index is 0. The Labute approximate surface area is 114 Å². The van der Waals surface area contributed by atoms with Gasteiger partial charge in [0.2, 0.25) is 5.91 Å². The predicted molar refractivity (Wildman–Crippen MR) is 72.7 cm³/mol. The minimum Gasteiger partial charge on any atom is -0.352 e. The van der Waals surface area contributed by atoms with E-state index >= 15 is 0 Å². The normalized spacial score (nSPS) is 17.2. The van der Waals surface area contributed by atoms with E-state index in [9.17, 15) is 4.79 Å². The zero-order chi connectivity index (χ0) is 12.3. The molecular weight excluding hydrogens is 252 g/mol. The Kier molecular flexibility index (Phi) is 5.62. The van der Waals surface area contributed by atoms with Crippen LogP contribution in [0.5, 0.6) is 0 Å². The second-order valence-electron chi connectivity index (χ2n) is 4.66. The summed E-state index contributed by atoms with van der Waals surface area (Å²) in [6, 6.07) is 0.0549. The van der Waals surface area contributed by atoms with Crippen molar-refractivity contribution in [1.29, 1.82) is 0 Å². The van der Waals surface area contributed by atoms with Crippen LogP contribution in [0.1, 0.15) is 37.3 Å². The molecule has 1 saturated carbocycles. The SMILES string of the molecule is CNC(C(=O)NC1CCCC1)c1cnn(C)c1.Cl. The van der Waals surface area contributed by atoms with Gasteiger partial charge in [-0.15, -0.1) is 12.4 Å². The first-order chi connectivity index (χ1) is 8.20. The van der Waals surface area contributed by atoms with Crippen molar-refractivity contribution in [2.45, 2.75) is 37.8 Å². The molecule has 1 heterocycles. The van der Waals surface area contributed by atoms with Crippen molar-refractivity contribution in [1.82, 2.24) is 20.4 Å². The molecule has 0 saturated heterocycles. The Morgan fingerprint density at radius 1 is 1.50 bits per heavy atom. The van der Waals surface area contributed by atoms with E-state index in [1.165, 1.54) is 12.8 Å². The molecule has 6 heteroatoms. The van der Waals surface area contributed by atoms with Gasteiger partial charge in [-0.1, -0.05) is 12.8 Å². The molecule has 1 aromatic rings. The number of aromatic nitrogens is 2. The molecule has 18 heavy (non-hydrogen) atoms. The molecule has 2 rings (SSSR count). The summed E-state index contributed by atoms with van der Waals surface area (Å²) in [5, 5.41) is 10.2. The fraction of sp³-hybridized carbons (Fsp3) is 0.667. The molecule has 0 aromatic carbocycles. The lowest BCUT2D eigenvalue weighted by Gasteiger charge is -2.18. The lowest BCUT2D eigenvalue weighted by molar-refractivity contribution is -0.123. The number of halogens is 1. The maximum atomic E-state index is 12.1. The molecule has 5 nitrogen and oxygen atoms in total. The summed E-state index contributed by atoms with van der Waals surface area (Å²) in [6.07, 6.45) is 8.26. The molecule has 1 aliphatic rings. The van der Waals surface area contributed by atoms with Crippen LogP contribution in [-0.4, -0.2) is 28.8 Å². The third-order valence-corrected chi connectivity index (χ3v) is 3.31. The van der Waals surface area contributed by atoms with Gasteiger partial charge in [-0.25, -0.2) is 0 Å². The van der Waals surface area contributed by atoms with E-state index in [0.717, 1.165) is 18.4 Å². The van der Waals surface area contributed by atoms with Gasteiger partial charge in [0, 0.05) is 24.8 Å². The van der Waals surface area contributed by atoms with E-state index in [1.807, 2.05) is 13.2 Å². The fourth-order valence-electron chi connectivity index (χ4n) is 2.39. The van der Waals surface area contributed by atoms with E-state index in [0.29, 0.717) is 6.04 Å². The van der Waals surface area contributed by atoms with Gasteiger partial charge in [0.05, 0.1) is 6.20 Å². The number of carbonyl (C=O) groups excluding carboxylic acids is 1. The average molecular weight is 273 g/mol. The highest BCUT2D eigenvalue weighted by Gasteiger charge is 2.24. The van der Waals surface area contributed by atoms with Gasteiger partial charge >= 0.3 is 0 Å². The third-order valence-electron chi connectivity index (χ3n) is 3.31. The van der Waals surface area contributed by atoms with Crippen LogP contribution in [0.3, 0.4) is 0 Å². The number of aryl methyl sites for hydroxylation is 1. The molecule has 2 N–H and O–H groups in total. The van der Waals surface area contributed by atoms with Crippen molar-refractivity contribution in [3.8, 4) is 0 Å². The number of carbonyl (C=O) groups is 1. The monoisotopic (exact) mass is 272 g/mol. The lowest BCUT2D eigenvalue weighted by Crippen LogP contribution is -2.40. The molecule has 102 valence electrons. The van der Waals surface area contributed by atoms with Crippen molar-refractivity contribution < 1.29 is 4.79 Å². The number of hydrogen-bond acceptors (Lipinski definition) is 3. The number of amides is 1. The van der Waals surface area contributed by atoms with Crippen LogP contribution >= 0.6 is 12.4 Å². The largest absolute Gasteiger partial charge is 0.352 e. The second kappa shape index (κ2) is 6.75. The number of rotatable bonds is 4. The maximum Gasteiger partial charge on any atom is 0.242 e. The summed E-state index contributed by atoms with van der Waals surface area (Å²) in [7, 11) is 3.65. The first kappa shape index (κ1) is 15.0. The van der Waals surface area contributed by atoms with Gasteiger partial charge in [-0.05, 0) is 19.9 Å².